The maximum absolute atomic E-state index is 11.6. The van der Waals surface area contributed by atoms with E-state index in [9.17, 15) is 4.79 Å². The molecule has 2 N–H and O–H groups in total. The number of rotatable bonds is 3. The summed E-state index contributed by atoms with van der Waals surface area (Å²) in [7, 11) is 0. The molecule has 1 aliphatic rings. The zero-order valence-corrected chi connectivity index (χ0v) is 10.5. The first-order chi connectivity index (χ1) is 7.75. The Kier molecular flexibility index (Phi) is 5.18. The van der Waals surface area contributed by atoms with Crippen LogP contribution in [-0.2, 0) is 0 Å². The molecular formula is C11H16ClN3O2. The van der Waals surface area contributed by atoms with Crippen LogP contribution >= 0.6 is 12.4 Å². The first-order valence-electron chi connectivity index (χ1n) is 5.36. The van der Waals surface area contributed by atoms with Gasteiger partial charge in [-0.15, -0.1) is 12.4 Å². The van der Waals surface area contributed by atoms with Gasteiger partial charge in [-0.3, -0.25) is 4.79 Å². The van der Waals surface area contributed by atoms with E-state index in [1.165, 1.54) is 5.57 Å². The summed E-state index contributed by atoms with van der Waals surface area (Å²) in [6, 6.07) is 1.63. The third-order valence-corrected chi connectivity index (χ3v) is 2.49. The summed E-state index contributed by atoms with van der Waals surface area (Å²) >= 11 is 0. The van der Waals surface area contributed by atoms with Gasteiger partial charge in [0.05, 0.1) is 0 Å². The lowest BCUT2D eigenvalue weighted by atomic mass is 10.1. The van der Waals surface area contributed by atoms with Crippen molar-refractivity contribution in [1.29, 1.82) is 0 Å². The number of aromatic nitrogens is 1. The number of aryl methyl sites for hydroxylation is 1. The molecule has 0 spiro atoms. The van der Waals surface area contributed by atoms with Crippen molar-refractivity contribution in [2.45, 2.75) is 13.3 Å². The Labute approximate surface area is 106 Å². The molecule has 1 aromatic rings. The van der Waals surface area contributed by atoms with Gasteiger partial charge in [-0.25, -0.2) is 0 Å². The number of halogens is 1. The van der Waals surface area contributed by atoms with Crippen LogP contribution in [0.15, 0.2) is 22.2 Å². The molecule has 1 amide bonds. The van der Waals surface area contributed by atoms with Crippen molar-refractivity contribution < 1.29 is 9.32 Å². The molecule has 0 aliphatic carbocycles. The van der Waals surface area contributed by atoms with E-state index in [2.05, 4.69) is 21.9 Å². The third-order valence-electron chi connectivity index (χ3n) is 2.49. The lowest BCUT2D eigenvalue weighted by Crippen LogP contribution is -2.29. The molecule has 0 unspecified atom stereocenters. The minimum Gasteiger partial charge on any atom is -0.361 e. The Morgan fingerprint density at radius 2 is 2.47 bits per heavy atom. The summed E-state index contributed by atoms with van der Waals surface area (Å²) < 4.78 is 4.84. The molecule has 17 heavy (non-hydrogen) atoms. The van der Waals surface area contributed by atoms with Crippen molar-refractivity contribution in [3.8, 4) is 0 Å². The monoisotopic (exact) mass is 257 g/mol. The van der Waals surface area contributed by atoms with E-state index in [0.717, 1.165) is 19.5 Å². The number of amides is 1. The Morgan fingerprint density at radius 1 is 1.65 bits per heavy atom. The van der Waals surface area contributed by atoms with Gasteiger partial charge in [-0.1, -0.05) is 16.8 Å². The summed E-state index contributed by atoms with van der Waals surface area (Å²) in [5.41, 5.74) is 1.60. The molecule has 0 atom stereocenters. The highest BCUT2D eigenvalue weighted by molar-refractivity contribution is 5.92. The van der Waals surface area contributed by atoms with Crippen LogP contribution in [0.1, 0.15) is 22.7 Å². The number of carbonyl (C=O) groups excluding carboxylic acids is 1. The SMILES string of the molecule is Cc1cc(C(=O)NCC2=CCNCC2)no1.Cl. The van der Waals surface area contributed by atoms with Crippen molar-refractivity contribution in [2.75, 3.05) is 19.6 Å². The molecule has 0 aromatic carbocycles. The van der Waals surface area contributed by atoms with Crippen LogP contribution in [0.3, 0.4) is 0 Å². The number of carbonyl (C=O) groups is 1. The first-order valence-corrected chi connectivity index (χ1v) is 5.36. The van der Waals surface area contributed by atoms with Gasteiger partial charge in [-0.05, 0) is 19.9 Å². The second-order valence-corrected chi connectivity index (χ2v) is 3.82. The normalized spacial score (nSPS) is 14.8. The van der Waals surface area contributed by atoms with Crippen LogP contribution in [0, 0.1) is 6.92 Å². The zero-order chi connectivity index (χ0) is 11.4. The number of nitrogens with one attached hydrogen (secondary N) is 2. The van der Waals surface area contributed by atoms with Crippen LogP contribution in [0.25, 0.3) is 0 Å². The molecule has 5 nitrogen and oxygen atoms in total. The number of hydrogen-bond donors (Lipinski definition) is 2. The molecule has 0 saturated heterocycles. The van der Waals surface area contributed by atoms with E-state index in [1.807, 2.05) is 0 Å². The summed E-state index contributed by atoms with van der Waals surface area (Å²) in [4.78, 5) is 11.6. The molecule has 0 fully saturated rings. The quantitative estimate of drug-likeness (QED) is 0.795. The fourth-order valence-corrected chi connectivity index (χ4v) is 1.59. The van der Waals surface area contributed by atoms with E-state index in [0.29, 0.717) is 18.0 Å². The van der Waals surface area contributed by atoms with Crippen molar-refractivity contribution in [3.05, 3.63) is 29.2 Å². The van der Waals surface area contributed by atoms with Gasteiger partial charge in [-0.2, -0.15) is 0 Å². The lowest BCUT2D eigenvalue weighted by molar-refractivity contribution is 0.0947. The van der Waals surface area contributed by atoms with Crippen molar-refractivity contribution >= 4 is 18.3 Å². The van der Waals surface area contributed by atoms with E-state index >= 15 is 0 Å². The molecule has 2 heterocycles. The molecule has 6 heteroatoms. The smallest absolute Gasteiger partial charge is 0.273 e. The minimum atomic E-state index is -0.184. The van der Waals surface area contributed by atoms with Crippen LogP contribution in [0.5, 0.6) is 0 Å². The lowest BCUT2D eigenvalue weighted by Gasteiger charge is -2.13. The van der Waals surface area contributed by atoms with Crippen molar-refractivity contribution in [1.82, 2.24) is 15.8 Å². The molecule has 1 aliphatic heterocycles. The minimum absolute atomic E-state index is 0. The van der Waals surface area contributed by atoms with Gasteiger partial charge in [0.1, 0.15) is 5.76 Å². The van der Waals surface area contributed by atoms with Gasteiger partial charge in [0.15, 0.2) is 5.69 Å². The molecule has 0 radical (unpaired) electrons. The van der Waals surface area contributed by atoms with Gasteiger partial charge >= 0.3 is 0 Å². The van der Waals surface area contributed by atoms with E-state index in [-0.39, 0.29) is 18.3 Å². The topological polar surface area (TPSA) is 67.2 Å². The predicted octanol–water partition coefficient (Wildman–Crippen LogP) is 1.05. The Bertz CT molecular complexity index is 415. The van der Waals surface area contributed by atoms with Crippen LogP contribution in [0.4, 0.5) is 0 Å². The highest BCUT2D eigenvalue weighted by Crippen LogP contribution is 2.04. The van der Waals surface area contributed by atoms with Crippen molar-refractivity contribution in [2.24, 2.45) is 0 Å². The predicted molar refractivity (Wildman–Crippen MR) is 66.4 cm³/mol. The van der Waals surface area contributed by atoms with E-state index < -0.39 is 0 Å². The molecule has 1 aromatic heterocycles. The Balaban J connectivity index is 0.00000144. The standard InChI is InChI=1S/C11H15N3O2.ClH/c1-8-6-10(14-16-8)11(15)13-7-9-2-4-12-5-3-9;/h2,6,12H,3-5,7H2,1H3,(H,13,15);1H. The second-order valence-electron chi connectivity index (χ2n) is 3.82. The first kappa shape index (κ1) is 13.7. The third kappa shape index (κ3) is 3.87. The summed E-state index contributed by atoms with van der Waals surface area (Å²) in [5.74, 6) is 0.461. The van der Waals surface area contributed by atoms with Gasteiger partial charge < -0.3 is 15.2 Å². The fourth-order valence-electron chi connectivity index (χ4n) is 1.59. The maximum atomic E-state index is 11.6. The van der Waals surface area contributed by atoms with E-state index in [4.69, 9.17) is 4.52 Å². The molecule has 94 valence electrons. The van der Waals surface area contributed by atoms with Crippen LogP contribution in [0.2, 0.25) is 0 Å². The Morgan fingerprint density at radius 3 is 3.06 bits per heavy atom. The molecule has 2 rings (SSSR count). The highest BCUT2D eigenvalue weighted by Gasteiger charge is 2.11. The summed E-state index contributed by atoms with van der Waals surface area (Å²) in [5, 5.41) is 9.71. The molecule has 0 saturated carbocycles. The number of nitrogens with zero attached hydrogens (tertiary/aromatic N) is 1. The van der Waals surface area contributed by atoms with Crippen LogP contribution < -0.4 is 10.6 Å². The second kappa shape index (κ2) is 6.42. The summed E-state index contributed by atoms with van der Waals surface area (Å²) in [6.07, 6.45) is 3.09. The Hall–Kier alpha value is -1.33. The van der Waals surface area contributed by atoms with Crippen LogP contribution in [-0.4, -0.2) is 30.7 Å². The number of hydrogen-bond acceptors (Lipinski definition) is 4. The molecule has 0 bridgehead atoms. The maximum Gasteiger partial charge on any atom is 0.273 e. The average molecular weight is 258 g/mol. The fraction of sp³-hybridized carbons (Fsp3) is 0.455. The summed E-state index contributed by atoms with van der Waals surface area (Å²) in [6.45, 7) is 4.21. The van der Waals surface area contributed by atoms with Crippen molar-refractivity contribution in [3.63, 3.8) is 0 Å². The average Bonchev–Trinajstić information content (AvgIpc) is 2.74. The molecular weight excluding hydrogens is 242 g/mol. The van der Waals surface area contributed by atoms with Gasteiger partial charge in [0.25, 0.3) is 5.91 Å². The van der Waals surface area contributed by atoms with E-state index in [1.54, 1.807) is 13.0 Å². The van der Waals surface area contributed by atoms with Gasteiger partial charge in [0.2, 0.25) is 0 Å². The zero-order valence-electron chi connectivity index (χ0n) is 9.66. The van der Waals surface area contributed by atoms with Gasteiger partial charge in [0, 0.05) is 19.2 Å². The largest absolute Gasteiger partial charge is 0.361 e. The highest BCUT2D eigenvalue weighted by atomic mass is 35.5.